The van der Waals surface area contributed by atoms with Crippen LogP contribution in [0.2, 0.25) is 0 Å². The first-order chi connectivity index (χ1) is 16.1. The van der Waals surface area contributed by atoms with Crippen molar-refractivity contribution in [3.63, 3.8) is 0 Å². The van der Waals surface area contributed by atoms with Crippen LogP contribution in [0.4, 0.5) is 10.5 Å². The molecule has 0 aliphatic carbocycles. The molecule has 182 valence electrons. The molecule has 0 atom stereocenters. The smallest absolute Gasteiger partial charge is 0.407 e. The number of fused-ring (bicyclic) bond motifs is 1. The molecular weight excluding hydrogens is 460 g/mol. The zero-order valence-corrected chi connectivity index (χ0v) is 20.2. The predicted octanol–water partition coefficient (Wildman–Crippen LogP) is 2.13. The number of sulfone groups is 1. The Kier molecular flexibility index (Phi) is 6.60. The van der Waals surface area contributed by atoms with E-state index < -0.39 is 15.9 Å². The number of likely N-dealkylation sites (tertiary alicyclic amines) is 1. The molecule has 1 fully saturated rings. The molecule has 3 heterocycles. The lowest BCUT2D eigenvalue weighted by molar-refractivity contribution is 0.0879. The number of hydrogen-bond donors (Lipinski definition) is 1. The van der Waals surface area contributed by atoms with Gasteiger partial charge in [-0.15, -0.1) is 0 Å². The minimum absolute atomic E-state index is 0.0864. The van der Waals surface area contributed by atoms with E-state index in [1.54, 1.807) is 10.9 Å². The second kappa shape index (κ2) is 9.45. The maximum absolute atomic E-state index is 11.5. The van der Waals surface area contributed by atoms with Gasteiger partial charge in [-0.3, -0.25) is 0 Å². The Labute approximate surface area is 197 Å². The average molecular weight is 489 g/mol. The van der Waals surface area contributed by atoms with Gasteiger partial charge in [0.05, 0.1) is 17.6 Å². The Balaban J connectivity index is 1.54. The first-order valence-corrected chi connectivity index (χ1v) is 13.0. The number of amides is 1. The zero-order chi connectivity index (χ0) is 24.5. The molecule has 2 aromatic heterocycles. The number of carbonyl (C=O) groups is 1. The molecule has 0 radical (unpaired) electrons. The Bertz CT molecular complexity index is 1300. The van der Waals surface area contributed by atoms with E-state index in [2.05, 4.69) is 15.1 Å². The number of hydrogen-bond acceptors (Lipinski definition) is 8. The normalized spacial score (nSPS) is 15.0. The number of piperidine rings is 1. The van der Waals surface area contributed by atoms with Crippen LogP contribution in [0.3, 0.4) is 0 Å². The topological polar surface area (TPSA) is 131 Å². The molecule has 1 aliphatic rings. The highest BCUT2D eigenvalue weighted by Crippen LogP contribution is 2.28. The number of ether oxygens (including phenoxy) is 1. The fraction of sp³-hybridized carbons (Fsp3) is 0.455. The SMILES string of the molecule is Cc1cc(N(C)CCS(C)(=O)=O)ccc1-n1ncc2c(OC3CCN(C(=O)O)CC3)ncnc21. The lowest BCUT2D eigenvalue weighted by atomic mass is 10.1. The molecule has 1 aliphatic heterocycles. The number of anilines is 1. The van der Waals surface area contributed by atoms with E-state index >= 15 is 0 Å². The quantitative estimate of drug-likeness (QED) is 0.531. The van der Waals surface area contributed by atoms with Crippen molar-refractivity contribution in [2.75, 3.05) is 43.6 Å². The van der Waals surface area contributed by atoms with Gasteiger partial charge in [-0.05, 0) is 30.7 Å². The van der Waals surface area contributed by atoms with Crippen molar-refractivity contribution in [3.05, 3.63) is 36.3 Å². The van der Waals surface area contributed by atoms with Gasteiger partial charge in [-0.25, -0.2) is 27.9 Å². The van der Waals surface area contributed by atoms with E-state index in [9.17, 15) is 13.2 Å². The highest BCUT2D eigenvalue weighted by molar-refractivity contribution is 7.90. The summed E-state index contributed by atoms with van der Waals surface area (Å²) in [5.41, 5.74) is 3.31. The number of carboxylic acid groups (broad SMARTS) is 1. The summed E-state index contributed by atoms with van der Waals surface area (Å²) in [6, 6.07) is 5.84. The zero-order valence-electron chi connectivity index (χ0n) is 19.4. The van der Waals surface area contributed by atoms with Gasteiger partial charge in [0.1, 0.15) is 27.7 Å². The van der Waals surface area contributed by atoms with Gasteiger partial charge in [0, 0.05) is 51.5 Å². The summed E-state index contributed by atoms with van der Waals surface area (Å²) in [6.45, 7) is 3.22. The first kappa shape index (κ1) is 23.7. The van der Waals surface area contributed by atoms with Crippen LogP contribution in [-0.2, 0) is 9.84 Å². The van der Waals surface area contributed by atoms with Gasteiger partial charge in [-0.2, -0.15) is 5.10 Å². The largest absolute Gasteiger partial charge is 0.474 e. The van der Waals surface area contributed by atoms with Gasteiger partial charge in [0.25, 0.3) is 0 Å². The second-order valence-corrected chi connectivity index (χ2v) is 10.8. The van der Waals surface area contributed by atoms with Crippen molar-refractivity contribution in [1.82, 2.24) is 24.6 Å². The first-order valence-electron chi connectivity index (χ1n) is 11.0. The van der Waals surface area contributed by atoms with Crippen LogP contribution >= 0.6 is 0 Å². The molecule has 11 nitrogen and oxygen atoms in total. The third-order valence-electron chi connectivity index (χ3n) is 5.97. The van der Waals surface area contributed by atoms with Crippen LogP contribution in [0.5, 0.6) is 5.88 Å². The Hall–Kier alpha value is -3.41. The van der Waals surface area contributed by atoms with Crippen molar-refractivity contribution in [2.24, 2.45) is 0 Å². The van der Waals surface area contributed by atoms with Crippen LogP contribution in [-0.4, -0.2) is 89.1 Å². The highest BCUT2D eigenvalue weighted by atomic mass is 32.2. The number of benzene rings is 1. The minimum atomic E-state index is -3.04. The maximum Gasteiger partial charge on any atom is 0.407 e. The third kappa shape index (κ3) is 5.22. The van der Waals surface area contributed by atoms with E-state index in [1.165, 1.54) is 17.5 Å². The molecule has 34 heavy (non-hydrogen) atoms. The molecule has 1 N–H and O–H groups in total. The van der Waals surface area contributed by atoms with Crippen LogP contribution in [0.25, 0.3) is 16.7 Å². The molecule has 0 saturated carbocycles. The van der Waals surface area contributed by atoms with Crippen LogP contribution < -0.4 is 9.64 Å². The van der Waals surface area contributed by atoms with Crippen molar-refractivity contribution in [1.29, 1.82) is 0 Å². The fourth-order valence-corrected chi connectivity index (χ4v) is 4.57. The van der Waals surface area contributed by atoms with Crippen molar-refractivity contribution < 1.29 is 23.1 Å². The van der Waals surface area contributed by atoms with E-state index in [0.717, 1.165) is 16.9 Å². The molecule has 1 aromatic carbocycles. The van der Waals surface area contributed by atoms with Crippen LogP contribution in [0.1, 0.15) is 18.4 Å². The van der Waals surface area contributed by atoms with E-state index in [-0.39, 0.29) is 11.9 Å². The molecule has 0 unspecified atom stereocenters. The van der Waals surface area contributed by atoms with Gasteiger partial charge < -0.3 is 19.6 Å². The predicted molar refractivity (Wildman–Crippen MR) is 128 cm³/mol. The summed E-state index contributed by atoms with van der Waals surface area (Å²) in [4.78, 5) is 23.1. The molecule has 3 aromatic rings. The van der Waals surface area contributed by atoms with Crippen LogP contribution in [0.15, 0.2) is 30.7 Å². The summed E-state index contributed by atoms with van der Waals surface area (Å²) in [6.07, 6.45) is 4.50. The fourth-order valence-electron chi connectivity index (χ4n) is 3.96. The summed E-state index contributed by atoms with van der Waals surface area (Å²) < 4.78 is 30.8. The van der Waals surface area contributed by atoms with E-state index in [4.69, 9.17) is 9.84 Å². The summed E-state index contributed by atoms with van der Waals surface area (Å²) in [5, 5.41) is 14.3. The lowest BCUT2D eigenvalue weighted by Gasteiger charge is -2.29. The molecule has 12 heteroatoms. The van der Waals surface area contributed by atoms with Crippen LogP contribution in [0, 0.1) is 6.92 Å². The minimum Gasteiger partial charge on any atom is -0.474 e. The van der Waals surface area contributed by atoms with Crippen molar-refractivity contribution in [3.8, 4) is 11.6 Å². The summed E-state index contributed by atoms with van der Waals surface area (Å²) in [5.74, 6) is 0.517. The summed E-state index contributed by atoms with van der Waals surface area (Å²) >= 11 is 0. The van der Waals surface area contributed by atoms with Gasteiger partial charge in [0.15, 0.2) is 5.65 Å². The highest BCUT2D eigenvalue weighted by Gasteiger charge is 2.25. The molecular formula is C22H28N6O5S. The maximum atomic E-state index is 11.5. The van der Waals surface area contributed by atoms with E-state index in [0.29, 0.717) is 49.4 Å². The van der Waals surface area contributed by atoms with Gasteiger partial charge in [0.2, 0.25) is 5.88 Å². The van der Waals surface area contributed by atoms with E-state index in [1.807, 2.05) is 37.1 Å². The number of aromatic nitrogens is 4. The molecule has 4 rings (SSSR count). The monoisotopic (exact) mass is 488 g/mol. The molecule has 0 spiro atoms. The average Bonchev–Trinajstić information content (AvgIpc) is 3.22. The lowest BCUT2D eigenvalue weighted by Crippen LogP contribution is -2.41. The Morgan fingerprint density at radius 3 is 2.65 bits per heavy atom. The third-order valence-corrected chi connectivity index (χ3v) is 6.89. The Morgan fingerprint density at radius 1 is 1.26 bits per heavy atom. The van der Waals surface area contributed by atoms with Crippen molar-refractivity contribution >= 4 is 32.7 Å². The number of nitrogens with zero attached hydrogens (tertiary/aromatic N) is 6. The van der Waals surface area contributed by atoms with Gasteiger partial charge in [-0.1, -0.05) is 0 Å². The molecule has 1 saturated heterocycles. The number of aryl methyl sites for hydroxylation is 1. The second-order valence-electron chi connectivity index (χ2n) is 8.58. The molecule has 1 amide bonds. The van der Waals surface area contributed by atoms with Crippen molar-refractivity contribution in [2.45, 2.75) is 25.9 Å². The van der Waals surface area contributed by atoms with Gasteiger partial charge >= 0.3 is 6.09 Å². The standard InChI is InChI=1S/C22H28N6O5S/c1-15-12-16(26(2)10-11-34(3,31)32)4-5-19(15)28-20-18(13-25-28)21(24-14-23-20)33-17-6-8-27(9-7-17)22(29)30/h4-5,12-14,17H,6-11H2,1-3H3,(H,29,30). The Morgan fingerprint density at radius 2 is 2.00 bits per heavy atom. The summed E-state index contributed by atoms with van der Waals surface area (Å²) in [7, 11) is -1.18. The molecule has 0 bridgehead atoms. The number of rotatable bonds is 7.